The molecule has 0 aromatic heterocycles. The van der Waals surface area contributed by atoms with Gasteiger partial charge in [0.05, 0.1) is 9.40 Å². The number of hydrogen-bond donors (Lipinski definition) is 0. The zero-order chi connectivity index (χ0) is 17.9. The summed E-state index contributed by atoms with van der Waals surface area (Å²) in [6, 6.07) is 5.05. The summed E-state index contributed by atoms with van der Waals surface area (Å²) in [6.07, 6.45) is -0.278. The van der Waals surface area contributed by atoms with Crippen LogP contribution in [0.1, 0.15) is 26.3 Å². The van der Waals surface area contributed by atoms with E-state index in [1.54, 1.807) is 17.0 Å². The van der Waals surface area contributed by atoms with Gasteiger partial charge in [-0.3, -0.25) is 15.0 Å². The molecule has 1 fully saturated rings. The Bertz CT molecular complexity index is 622. The van der Waals surface area contributed by atoms with Crippen LogP contribution in [-0.2, 0) is 11.3 Å². The van der Waals surface area contributed by atoms with Crippen LogP contribution in [0.2, 0.25) is 0 Å². The number of hydrogen-bond acceptors (Lipinski definition) is 5. The largest absolute Gasteiger partial charge is 0.444 e. The molecule has 0 saturated carbocycles. The predicted octanol–water partition coefficient (Wildman–Crippen LogP) is 3.41. The van der Waals surface area contributed by atoms with E-state index in [9.17, 15) is 14.9 Å². The lowest BCUT2D eigenvalue weighted by atomic mass is 10.2. The molecule has 0 unspecified atom stereocenters. The van der Waals surface area contributed by atoms with Gasteiger partial charge in [0.1, 0.15) is 5.60 Å². The first-order chi connectivity index (χ1) is 11.2. The van der Waals surface area contributed by atoms with Crippen LogP contribution in [0.15, 0.2) is 22.7 Å². The molecule has 8 heteroatoms. The molecule has 0 atom stereocenters. The second-order valence-electron chi connectivity index (χ2n) is 6.79. The summed E-state index contributed by atoms with van der Waals surface area (Å²) < 4.78 is 5.86. The van der Waals surface area contributed by atoms with Crippen molar-refractivity contribution in [2.45, 2.75) is 32.9 Å². The van der Waals surface area contributed by atoms with Gasteiger partial charge in [-0.1, -0.05) is 6.07 Å². The minimum Gasteiger partial charge on any atom is -0.444 e. The highest BCUT2D eigenvalue weighted by molar-refractivity contribution is 9.10. The van der Waals surface area contributed by atoms with Crippen molar-refractivity contribution in [1.29, 1.82) is 0 Å². The van der Waals surface area contributed by atoms with Crippen LogP contribution >= 0.6 is 15.9 Å². The van der Waals surface area contributed by atoms with Crippen molar-refractivity contribution in [2.75, 3.05) is 26.2 Å². The van der Waals surface area contributed by atoms with Gasteiger partial charge in [-0.25, -0.2) is 4.79 Å². The molecule has 0 radical (unpaired) electrons. The maximum atomic E-state index is 12.0. The number of nitrogens with zero attached hydrogens (tertiary/aromatic N) is 3. The van der Waals surface area contributed by atoms with Crippen molar-refractivity contribution in [3.05, 3.63) is 38.3 Å². The van der Waals surface area contributed by atoms with Gasteiger partial charge in [0.2, 0.25) is 0 Å². The highest BCUT2D eigenvalue weighted by Gasteiger charge is 2.26. The SMILES string of the molecule is CC(C)(C)OC(=O)N1CCN(Cc2ccc([N+](=O)[O-])c(Br)c2)CC1. The first-order valence-corrected chi connectivity index (χ1v) is 8.58. The van der Waals surface area contributed by atoms with Crippen molar-refractivity contribution in [1.82, 2.24) is 9.80 Å². The molecule has 24 heavy (non-hydrogen) atoms. The lowest BCUT2D eigenvalue weighted by Gasteiger charge is -2.35. The van der Waals surface area contributed by atoms with Gasteiger partial charge in [0.25, 0.3) is 5.69 Å². The number of ether oxygens (including phenoxy) is 1. The van der Waals surface area contributed by atoms with Gasteiger partial charge < -0.3 is 9.64 Å². The van der Waals surface area contributed by atoms with Crippen LogP contribution in [-0.4, -0.2) is 52.6 Å². The Hall–Kier alpha value is -1.67. The van der Waals surface area contributed by atoms with E-state index in [4.69, 9.17) is 4.74 Å². The molecule has 7 nitrogen and oxygen atoms in total. The molecule has 0 aliphatic carbocycles. The highest BCUT2D eigenvalue weighted by Crippen LogP contribution is 2.26. The predicted molar refractivity (Wildman–Crippen MR) is 93.9 cm³/mol. The molecule has 1 aliphatic heterocycles. The Kier molecular flexibility index (Phi) is 5.82. The van der Waals surface area contributed by atoms with Crippen molar-refractivity contribution in [2.24, 2.45) is 0 Å². The lowest BCUT2D eigenvalue weighted by molar-refractivity contribution is -0.385. The average molecular weight is 400 g/mol. The molecule has 2 rings (SSSR count). The van der Waals surface area contributed by atoms with Crippen molar-refractivity contribution in [3.8, 4) is 0 Å². The van der Waals surface area contributed by atoms with E-state index in [1.807, 2.05) is 20.8 Å². The van der Waals surface area contributed by atoms with E-state index in [-0.39, 0.29) is 11.8 Å². The first kappa shape index (κ1) is 18.7. The van der Waals surface area contributed by atoms with Gasteiger partial charge in [0.15, 0.2) is 0 Å². The summed E-state index contributed by atoms with van der Waals surface area (Å²) in [5, 5.41) is 10.8. The molecule has 0 bridgehead atoms. The second kappa shape index (κ2) is 7.48. The molecule has 0 spiro atoms. The number of carbonyl (C=O) groups excluding carboxylic acids is 1. The fourth-order valence-electron chi connectivity index (χ4n) is 2.47. The monoisotopic (exact) mass is 399 g/mol. The first-order valence-electron chi connectivity index (χ1n) is 7.79. The molecule has 1 saturated heterocycles. The fourth-order valence-corrected chi connectivity index (χ4v) is 3.04. The number of carbonyl (C=O) groups is 1. The van der Waals surface area contributed by atoms with E-state index in [0.29, 0.717) is 24.1 Å². The summed E-state index contributed by atoms with van der Waals surface area (Å²) in [7, 11) is 0. The number of benzene rings is 1. The van der Waals surface area contributed by atoms with Crippen molar-refractivity contribution < 1.29 is 14.5 Å². The van der Waals surface area contributed by atoms with Crippen LogP contribution in [0, 0.1) is 10.1 Å². The Morgan fingerprint density at radius 1 is 1.29 bits per heavy atom. The summed E-state index contributed by atoms with van der Waals surface area (Å²) in [4.78, 5) is 26.4. The highest BCUT2D eigenvalue weighted by atomic mass is 79.9. The van der Waals surface area contributed by atoms with Crippen LogP contribution in [0.4, 0.5) is 10.5 Å². The van der Waals surface area contributed by atoms with Crippen molar-refractivity contribution in [3.63, 3.8) is 0 Å². The zero-order valence-corrected chi connectivity index (χ0v) is 15.7. The normalized spacial score (nSPS) is 16.1. The zero-order valence-electron chi connectivity index (χ0n) is 14.1. The smallest absolute Gasteiger partial charge is 0.410 e. The molecule has 1 aromatic rings. The van der Waals surface area contributed by atoms with Crippen LogP contribution in [0.5, 0.6) is 0 Å². The lowest BCUT2D eigenvalue weighted by Crippen LogP contribution is -2.49. The van der Waals surface area contributed by atoms with Crippen LogP contribution in [0.25, 0.3) is 0 Å². The molecule has 0 N–H and O–H groups in total. The minimum absolute atomic E-state index is 0.0634. The van der Waals surface area contributed by atoms with E-state index in [0.717, 1.165) is 18.7 Å². The van der Waals surface area contributed by atoms with Crippen LogP contribution < -0.4 is 0 Å². The van der Waals surface area contributed by atoms with Crippen molar-refractivity contribution >= 4 is 27.7 Å². The summed E-state index contributed by atoms with van der Waals surface area (Å²) >= 11 is 3.24. The van der Waals surface area contributed by atoms with Gasteiger partial charge in [-0.15, -0.1) is 0 Å². The van der Waals surface area contributed by atoms with Gasteiger partial charge in [-0.2, -0.15) is 0 Å². The number of rotatable bonds is 3. The van der Waals surface area contributed by atoms with E-state index < -0.39 is 10.5 Å². The topological polar surface area (TPSA) is 75.9 Å². The molecular formula is C16H22BrN3O4. The Labute approximate surface area is 149 Å². The Balaban J connectivity index is 1.88. The standard InChI is InChI=1S/C16H22BrN3O4/c1-16(2,3)24-15(21)19-8-6-18(7-9-19)11-12-4-5-14(20(22)23)13(17)10-12/h4-5,10H,6-9,11H2,1-3H3. The molecule has 1 heterocycles. The molecular weight excluding hydrogens is 378 g/mol. The third kappa shape index (κ3) is 5.17. The number of piperazine rings is 1. The quantitative estimate of drug-likeness (QED) is 0.574. The Morgan fingerprint density at radius 2 is 1.92 bits per heavy atom. The number of halogens is 1. The summed E-state index contributed by atoms with van der Waals surface area (Å²) in [6.45, 7) is 8.97. The maximum absolute atomic E-state index is 12.0. The van der Waals surface area contributed by atoms with E-state index in [2.05, 4.69) is 20.8 Å². The number of nitro benzene ring substituents is 1. The number of amides is 1. The van der Waals surface area contributed by atoms with Crippen LogP contribution in [0.3, 0.4) is 0 Å². The minimum atomic E-state index is -0.487. The van der Waals surface area contributed by atoms with Gasteiger partial charge in [-0.05, 0) is 48.3 Å². The molecule has 1 aromatic carbocycles. The molecule has 1 aliphatic rings. The third-order valence-electron chi connectivity index (χ3n) is 3.64. The molecule has 132 valence electrons. The number of nitro groups is 1. The fraction of sp³-hybridized carbons (Fsp3) is 0.562. The maximum Gasteiger partial charge on any atom is 0.410 e. The summed E-state index contributed by atoms with van der Waals surface area (Å²) in [5.74, 6) is 0. The van der Waals surface area contributed by atoms with Gasteiger partial charge >= 0.3 is 6.09 Å². The summed E-state index contributed by atoms with van der Waals surface area (Å²) in [5.41, 5.74) is 0.575. The second-order valence-corrected chi connectivity index (χ2v) is 7.64. The van der Waals surface area contributed by atoms with Gasteiger partial charge in [0, 0.05) is 38.8 Å². The molecule has 1 amide bonds. The average Bonchev–Trinajstić information content (AvgIpc) is 2.45. The Morgan fingerprint density at radius 3 is 2.42 bits per heavy atom. The van der Waals surface area contributed by atoms with E-state index in [1.165, 1.54) is 6.07 Å². The third-order valence-corrected chi connectivity index (χ3v) is 4.27. The van der Waals surface area contributed by atoms with E-state index >= 15 is 0 Å².